The number of rotatable bonds is 9. The number of aliphatic imine (C=N–C) groups is 1. The molecule has 0 saturated heterocycles. The number of nitrogens with zero attached hydrogens (tertiary/aromatic N) is 1. The highest BCUT2D eigenvalue weighted by Gasteiger charge is 1.97. The van der Waals surface area contributed by atoms with Gasteiger partial charge in [0.1, 0.15) is 0 Å². The number of guanidine groups is 1. The van der Waals surface area contributed by atoms with Crippen molar-refractivity contribution in [2.45, 2.75) is 33.2 Å². The van der Waals surface area contributed by atoms with Gasteiger partial charge in [-0.05, 0) is 44.4 Å². The Bertz CT molecular complexity index is 412. The van der Waals surface area contributed by atoms with E-state index in [-0.39, 0.29) is 24.0 Å². The van der Waals surface area contributed by atoms with Crippen molar-refractivity contribution in [3.8, 4) is 0 Å². The Hall–Kier alpha value is -0.340. The number of hydrogen-bond donors (Lipinski definition) is 2. The zero-order valence-corrected chi connectivity index (χ0v) is 17.3. The second-order valence-electron chi connectivity index (χ2n) is 4.65. The molecule has 0 amide bonds. The number of nitrogens with one attached hydrogen (secondary N) is 2. The molecular weight excluding hydrogens is 457 g/mol. The number of unbranched alkanes of at least 4 members (excludes halogenated alkanes) is 1. The van der Waals surface area contributed by atoms with E-state index in [1.807, 2.05) is 19.1 Å². The lowest BCUT2D eigenvalue weighted by Gasteiger charge is -2.11. The van der Waals surface area contributed by atoms with Crippen LogP contribution >= 0.6 is 39.9 Å². The molecule has 1 aromatic rings. The fourth-order valence-electron chi connectivity index (χ4n) is 1.78. The van der Waals surface area contributed by atoms with Gasteiger partial charge in [-0.1, -0.05) is 28.1 Å². The zero-order chi connectivity index (χ0) is 15.3. The quantitative estimate of drug-likeness (QED) is 0.242. The van der Waals surface area contributed by atoms with Crippen molar-refractivity contribution in [1.82, 2.24) is 10.6 Å². The van der Waals surface area contributed by atoms with E-state index in [9.17, 15) is 0 Å². The third kappa shape index (κ3) is 10.4. The van der Waals surface area contributed by atoms with Gasteiger partial charge in [0.05, 0.1) is 6.54 Å². The van der Waals surface area contributed by atoms with E-state index in [1.54, 1.807) is 0 Å². The minimum absolute atomic E-state index is 0. The van der Waals surface area contributed by atoms with Crippen LogP contribution in [0.1, 0.15) is 32.3 Å². The van der Waals surface area contributed by atoms with Crippen molar-refractivity contribution < 1.29 is 4.74 Å². The first-order valence-electron chi connectivity index (χ1n) is 7.60. The summed E-state index contributed by atoms with van der Waals surface area (Å²) in [6.45, 7) is 8.20. The normalized spacial score (nSPS) is 11.0. The van der Waals surface area contributed by atoms with Crippen LogP contribution in [0.4, 0.5) is 0 Å². The minimum Gasteiger partial charge on any atom is -0.382 e. The molecule has 6 heteroatoms. The van der Waals surface area contributed by atoms with Crippen molar-refractivity contribution in [3.05, 3.63) is 34.3 Å². The van der Waals surface area contributed by atoms with Gasteiger partial charge in [0.25, 0.3) is 0 Å². The Morgan fingerprint density at radius 1 is 1.14 bits per heavy atom. The fourth-order valence-corrected chi connectivity index (χ4v) is 2.05. The van der Waals surface area contributed by atoms with Crippen LogP contribution in [0.15, 0.2) is 33.7 Å². The molecule has 0 bridgehead atoms. The molecule has 4 nitrogen and oxygen atoms in total. The summed E-state index contributed by atoms with van der Waals surface area (Å²) < 4.78 is 6.42. The standard InChI is InChI=1S/C16H26BrN3O.HI/c1-3-18-16(19-11-5-6-12-21-4-2)20-13-14-7-9-15(17)10-8-14;/h7-10H,3-6,11-13H2,1-2H3,(H2,18,19,20);1H. The van der Waals surface area contributed by atoms with Crippen LogP contribution in [-0.4, -0.2) is 32.3 Å². The summed E-state index contributed by atoms with van der Waals surface area (Å²) >= 11 is 3.44. The predicted octanol–water partition coefficient (Wildman–Crippen LogP) is 3.94. The first-order chi connectivity index (χ1) is 10.3. The van der Waals surface area contributed by atoms with Crippen molar-refractivity contribution in [3.63, 3.8) is 0 Å². The number of benzene rings is 1. The molecule has 0 spiro atoms. The van der Waals surface area contributed by atoms with E-state index in [1.165, 1.54) is 5.56 Å². The maximum Gasteiger partial charge on any atom is 0.191 e. The maximum atomic E-state index is 5.33. The van der Waals surface area contributed by atoms with Crippen LogP contribution in [0.2, 0.25) is 0 Å². The van der Waals surface area contributed by atoms with Gasteiger partial charge in [-0.2, -0.15) is 0 Å². The number of hydrogen-bond acceptors (Lipinski definition) is 2. The van der Waals surface area contributed by atoms with Crippen LogP contribution < -0.4 is 10.6 Å². The summed E-state index contributed by atoms with van der Waals surface area (Å²) in [4.78, 5) is 4.60. The van der Waals surface area contributed by atoms with E-state index in [2.05, 4.69) is 50.6 Å². The monoisotopic (exact) mass is 483 g/mol. The molecule has 0 fully saturated rings. The maximum absolute atomic E-state index is 5.33. The SMILES string of the molecule is CCNC(=NCc1ccc(Br)cc1)NCCCCOCC.I. The molecular formula is C16H27BrIN3O. The molecule has 0 atom stereocenters. The van der Waals surface area contributed by atoms with Gasteiger partial charge >= 0.3 is 0 Å². The summed E-state index contributed by atoms with van der Waals surface area (Å²) in [7, 11) is 0. The Labute approximate surface area is 159 Å². The Kier molecular flexibility index (Phi) is 14.0. The molecule has 0 unspecified atom stereocenters. The topological polar surface area (TPSA) is 45.7 Å². The van der Waals surface area contributed by atoms with Gasteiger partial charge in [-0.3, -0.25) is 0 Å². The van der Waals surface area contributed by atoms with Crippen molar-refractivity contribution in [2.75, 3.05) is 26.3 Å². The van der Waals surface area contributed by atoms with Gasteiger partial charge in [0.2, 0.25) is 0 Å². The Morgan fingerprint density at radius 2 is 1.86 bits per heavy atom. The van der Waals surface area contributed by atoms with Gasteiger partial charge in [0.15, 0.2) is 5.96 Å². The summed E-state index contributed by atoms with van der Waals surface area (Å²) in [5.41, 5.74) is 1.20. The molecule has 0 saturated carbocycles. The molecule has 0 aliphatic heterocycles. The van der Waals surface area contributed by atoms with E-state index in [4.69, 9.17) is 4.74 Å². The lowest BCUT2D eigenvalue weighted by Crippen LogP contribution is -2.37. The molecule has 0 aromatic heterocycles. The van der Waals surface area contributed by atoms with Crippen LogP contribution in [0.5, 0.6) is 0 Å². The Morgan fingerprint density at radius 3 is 2.50 bits per heavy atom. The highest BCUT2D eigenvalue weighted by Crippen LogP contribution is 2.10. The average Bonchev–Trinajstić information content (AvgIpc) is 2.49. The molecule has 0 aliphatic carbocycles. The van der Waals surface area contributed by atoms with Gasteiger partial charge in [-0.25, -0.2) is 4.99 Å². The molecule has 22 heavy (non-hydrogen) atoms. The van der Waals surface area contributed by atoms with Gasteiger partial charge in [-0.15, -0.1) is 24.0 Å². The predicted molar refractivity (Wildman–Crippen MR) is 108 cm³/mol. The number of halogens is 2. The zero-order valence-electron chi connectivity index (χ0n) is 13.4. The summed E-state index contributed by atoms with van der Waals surface area (Å²) in [5, 5.41) is 6.62. The smallest absolute Gasteiger partial charge is 0.191 e. The molecule has 0 heterocycles. The molecule has 1 aromatic carbocycles. The summed E-state index contributed by atoms with van der Waals surface area (Å²) in [6, 6.07) is 8.25. The van der Waals surface area contributed by atoms with E-state index >= 15 is 0 Å². The fraction of sp³-hybridized carbons (Fsp3) is 0.562. The van der Waals surface area contributed by atoms with Gasteiger partial charge < -0.3 is 15.4 Å². The third-order valence-corrected chi connectivity index (χ3v) is 3.42. The Balaban J connectivity index is 0.00000441. The van der Waals surface area contributed by atoms with Crippen molar-refractivity contribution in [2.24, 2.45) is 4.99 Å². The second kappa shape index (κ2) is 14.3. The highest BCUT2D eigenvalue weighted by atomic mass is 127. The van der Waals surface area contributed by atoms with Crippen molar-refractivity contribution >= 4 is 45.9 Å². The molecule has 1 rings (SSSR count). The lowest BCUT2D eigenvalue weighted by molar-refractivity contribution is 0.143. The van der Waals surface area contributed by atoms with Crippen LogP contribution in [0.25, 0.3) is 0 Å². The lowest BCUT2D eigenvalue weighted by atomic mass is 10.2. The minimum atomic E-state index is 0. The van der Waals surface area contributed by atoms with Gasteiger partial charge in [0, 0.05) is 30.8 Å². The molecule has 0 aliphatic rings. The van der Waals surface area contributed by atoms with Crippen LogP contribution in [0.3, 0.4) is 0 Å². The van der Waals surface area contributed by atoms with Crippen LogP contribution in [-0.2, 0) is 11.3 Å². The molecule has 126 valence electrons. The largest absolute Gasteiger partial charge is 0.382 e. The first-order valence-corrected chi connectivity index (χ1v) is 8.40. The third-order valence-electron chi connectivity index (χ3n) is 2.89. The average molecular weight is 484 g/mol. The summed E-state index contributed by atoms with van der Waals surface area (Å²) in [6.07, 6.45) is 2.16. The first kappa shape index (κ1) is 21.7. The second-order valence-corrected chi connectivity index (χ2v) is 5.57. The summed E-state index contributed by atoms with van der Waals surface area (Å²) in [5.74, 6) is 0.872. The van der Waals surface area contributed by atoms with E-state index < -0.39 is 0 Å². The molecule has 0 radical (unpaired) electrons. The highest BCUT2D eigenvalue weighted by molar-refractivity contribution is 14.0. The number of ether oxygens (including phenoxy) is 1. The van der Waals surface area contributed by atoms with Crippen LogP contribution in [0, 0.1) is 0 Å². The van der Waals surface area contributed by atoms with E-state index in [0.29, 0.717) is 6.54 Å². The molecule has 2 N–H and O–H groups in total. The van der Waals surface area contributed by atoms with E-state index in [0.717, 1.165) is 49.6 Å². The van der Waals surface area contributed by atoms with Crippen molar-refractivity contribution in [1.29, 1.82) is 0 Å².